The van der Waals surface area contributed by atoms with Crippen molar-refractivity contribution in [3.63, 3.8) is 0 Å². The molecule has 4 heteroatoms. The van der Waals surface area contributed by atoms with E-state index in [0.29, 0.717) is 0 Å². The van der Waals surface area contributed by atoms with Crippen LogP contribution < -0.4 is 5.32 Å². The van der Waals surface area contributed by atoms with E-state index in [1.54, 1.807) is 6.20 Å². The van der Waals surface area contributed by atoms with Gasteiger partial charge in [-0.1, -0.05) is 6.07 Å². The van der Waals surface area contributed by atoms with Gasteiger partial charge in [-0.3, -0.25) is 5.10 Å². The molecule has 84 valence electrons. The minimum atomic E-state index is 0.201. The molecule has 0 saturated carbocycles. The second-order valence-corrected chi connectivity index (χ2v) is 3.99. The fourth-order valence-electron chi connectivity index (χ4n) is 1.72. The average molecular weight is 216 g/mol. The number of aromatic amines is 1. The van der Waals surface area contributed by atoms with Gasteiger partial charge >= 0.3 is 0 Å². The van der Waals surface area contributed by atoms with E-state index in [1.807, 2.05) is 32.2 Å². The van der Waals surface area contributed by atoms with Gasteiger partial charge in [0.1, 0.15) is 5.82 Å². The van der Waals surface area contributed by atoms with Gasteiger partial charge in [0.2, 0.25) is 0 Å². The molecule has 1 atom stereocenters. The van der Waals surface area contributed by atoms with Crippen molar-refractivity contribution in [1.29, 1.82) is 0 Å². The zero-order chi connectivity index (χ0) is 11.5. The van der Waals surface area contributed by atoms with Gasteiger partial charge < -0.3 is 5.32 Å². The van der Waals surface area contributed by atoms with E-state index in [0.717, 1.165) is 17.1 Å². The third kappa shape index (κ3) is 2.05. The number of nitrogens with one attached hydrogen (secondary N) is 2. The maximum absolute atomic E-state index is 4.32. The molecule has 0 aromatic carbocycles. The van der Waals surface area contributed by atoms with Crippen LogP contribution in [0.25, 0.3) is 0 Å². The second kappa shape index (κ2) is 4.35. The summed E-state index contributed by atoms with van der Waals surface area (Å²) in [5, 5.41) is 10.3. The van der Waals surface area contributed by atoms with Crippen molar-refractivity contribution in [2.75, 3.05) is 5.32 Å². The third-order valence-corrected chi connectivity index (χ3v) is 2.70. The van der Waals surface area contributed by atoms with Gasteiger partial charge in [0.25, 0.3) is 0 Å². The number of aryl methyl sites for hydroxylation is 2. The highest BCUT2D eigenvalue weighted by molar-refractivity contribution is 5.45. The Balaban J connectivity index is 2.17. The lowest BCUT2D eigenvalue weighted by molar-refractivity contribution is 0.862. The largest absolute Gasteiger partial charge is 0.363 e. The zero-order valence-corrected chi connectivity index (χ0v) is 9.78. The normalized spacial score (nSPS) is 12.4. The van der Waals surface area contributed by atoms with Gasteiger partial charge in [-0.05, 0) is 32.4 Å². The molecule has 2 heterocycles. The van der Waals surface area contributed by atoms with Crippen LogP contribution in [0.3, 0.4) is 0 Å². The second-order valence-electron chi connectivity index (χ2n) is 3.99. The van der Waals surface area contributed by atoms with E-state index in [4.69, 9.17) is 0 Å². The number of rotatable bonds is 3. The standard InChI is InChI=1S/C12H16N4/c1-8-5-4-6-13-12(8)15-9(2)11-7-14-16-10(11)3/h4-7,9H,1-3H3,(H,13,15)(H,14,16). The molecule has 0 aliphatic carbocycles. The molecule has 0 spiro atoms. The maximum atomic E-state index is 4.32. The number of H-pyrrole nitrogens is 1. The molecule has 0 bridgehead atoms. The Morgan fingerprint density at radius 1 is 1.38 bits per heavy atom. The highest BCUT2D eigenvalue weighted by Gasteiger charge is 2.11. The highest BCUT2D eigenvalue weighted by atomic mass is 15.1. The Bertz CT molecular complexity index is 475. The van der Waals surface area contributed by atoms with Crippen molar-refractivity contribution in [3.05, 3.63) is 41.3 Å². The third-order valence-electron chi connectivity index (χ3n) is 2.70. The van der Waals surface area contributed by atoms with Crippen LogP contribution in [0.5, 0.6) is 0 Å². The Morgan fingerprint density at radius 2 is 2.19 bits per heavy atom. The van der Waals surface area contributed by atoms with Gasteiger partial charge in [-0.25, -0.2) is 4.98 Å². The van der Waals surface area contributed by atoms with E-state index >= 15 is 0 Å². The monoisotopic (exact) mass is 216 g/mol. The molecule has 2 rings (SSSR count). The Hall–Kier alpha value is -1.84. The number of pyridine rings is 1. The summed E-state index contributed by atoms with van der Waals surface area (Å²) >= 11 is 0. The molecular weight excluding hydrogens is 200 g/mol. The van der Waals surface area contributed by atoms with Crippen molar-refractivity contribution in [1.82, 2.24) is 15.2 Å². The van der Waals surface area contributed by atoms with Gasteiger partial charge in [0.15, 0.2) is 0 Å². The number of hydrogen-bond acceptors (Lipinski definition) is 3. The first-order valence-corrected chi connectivity index (χ1v) is 5.36. The van der Waals surface area contributed by atoms with E-state index in [1.165, 1.54) is 5.56 Å². The number of hydrogen-bond donors (Lipinski definition) is 2. The van der Waals surface area contributed by atoms with E-state index in [9.17, 15) is 0 Å². The van der Waals surface area contributed by atoms with Crippen LogP contribution in [0.15, 0.2) is 24.5 Å². The van der Waals surface area contributed by atoms with E-state index in [2.05, 4.69) is 27.4 Å². The fraction of sp³-hybridized carbons (Fsp3) is 0.333. The summed E-state index contributed by atoms with van der Waals surface area (Å²) in [7, 11) is 0. The molecular formula is C12H16N4. The summed E-state index contributed by atoms with van der Waals surface area (Å²) < 4.78 is 0. The van der Waals surface area contributed by atoms with Gasteiger partial charge in [0, 0.05) is 17.5 Å². The quantitative estimate of drug-likeness (QED) is 0.829. The summed E-state index contributed by atoms with van der Waals surface area (Å²) in [6, 6.07) is 4.19. The van der Waals surface area contributed by atoms with Crippen molar-refractivity contribution in [2.24, 2.45) is 0 Å². The first-order chi connectivity index (χ1) is 7.68. The van der Waals surface area contributed by atoms with E-state index in [-0.39, 0.29) is 6.04 Å². The smallest absolute Gasteiger partial charge is 0.129 e. The molecule has 0 aliphatic rings. The Kier molecular flexibility index (Phi) is 2.90. The Labute approximate surface area is 95.1 Å². The van der Waals surface area contributed by atoms with Crippen LogP contribution in [0.1, 0.15) is 29.8 Å². The van der Waals surface area contributed by atoms with Crippen LogP contribution in [0, 0.1) is 13.8 Å². The van der Waals surface area contributed by atoms with Crippen LogP contribution in [0.4, 0.5) is 5.82 Å². The van der Waals surface area contributed by atoms with Gasteiger partial charge in [0.05, 0.1) is 12.2 Å². The van der Waals surface area contributed by atoms with Crippen molar-refractivity contribution >= 4 is 5.82 Å². The number of aromatic nitrogens is 3. The van der Waals surface area contributed by atoms with Crippen LogP contribution in [-0.2, 0) is 0 Å². The Morgan fingerprint density at radius 3 is 2.81 bits per heavy atom. The lowest BCUT2D eigenvalue weighted by atomic mass is 10.1. The maximum Gasteiger partial charge on any atom is 0.129 e. The van der Waals surface area contributed by atoms with Crippen molar-refractivity contribution in [2.45, 2.75) is 26.8 Å². The molecule has 2 aromatic heterocycles. The molecule has 16 heavy (non-hydrogen) atoms. The van der Waals surface area contributed by atoms with Crippen LogP contribution in [0.2, 0.25) is 0 Å². The van der Waals surface area contributed by atoms with E-state index < -0.39 is 0 Å². The first-order valence-electron chi connectivity index (χ1n) is 5.36. The molecule has 1 unspecified atom stereocenters. The minimum absolute atomic E-state index is 0.201. The zero-order valence-electron chi connectivity index (χ0n) is 9.78. The lowest BCUT2D eigenvalue weighted by Gasteiger charge is -2.15. The summed E-state index contributed by atoms with van der Waals surface area (Å²) in [5.41, 5.74) is 3.41. The molecule has 0 saturated heterocycles. The summed E-state index contributed by atoms with van der Waals surface area (Å²) in [5.74, 6) is 0.926. The fourth-order valence-corrected chi connectivity index (χ4v) is 1.72. The summed E-state index contributed by atoms with van der Waals surface area (Å²) in [6.07, 6.45) is 3.65. The lowest BCUT2D eigenvalue weighted by Crippen LogP contribution is -2.09. The van der Waals surface area contributed by atoms with Crippen molar-refractivity contribution < 1.29 is 0 Å². The molecule has 2 aromatic rings. The van der Waals surface area contributed by atoms with Gasteiger partial charge in [-0.2, -0.15) is 5.10 Å². The first kappa shape index (κ1) is 10.7. The molecule has 0 radical (unpaired) electrons. The molecule has 4 nitrogen and oxygen atoms in total. The average Bonchev–Trinajstić information content (AvgIpc) is 2.68. The number of nitrogens with zero attached hydrogens (tertiary/aromatic N) is 2. The summed E-state index contributed by atoms with van der Waals surface area (Å²) in [4.78, 5) is 4.32. The minimum Gasteiger partial charge on any atom is -0.363 e. The predicted octanol–water partition coefficient (Wildman–Crippen LogP) is 2.59. The van der Waals surface area contributed by atoms with Gasteiger partial charge in [-0.15, -0.1) is 0 Å². The topological polar surface area (TPSA) is 53.6 Å². The molecule has 2 N–H and O–H groups in total. The van der Waals surface area contributed by atoms with Crippen molar-refractivity contribution in [3.8, 4) is 0 Å². The van der Waals surface area contributed by atoms with Crippen LogP contribution in [-0.4, -0.2) is 15.2 Å². The van der Waals surface area contributed by atoms with Crippen LogP contribution >= 0.6 is 0 Å². The molecule has 0 amide bonds. The SMILES string of the molecule is Cc1cccnc1NC(C)c1cn[nH]c1C. The summed E-state index contributed by atoms with van der Waals surface area (Å²) in [6.45, 7) is 6.17. The number of anilines is 1. The highest BCUT2D eigenvalue weighted by Crippen LogP contribution is 2.20. The molecule has 0 aliphatic heterocycles. The molecule has 0 fully saturated rings. The predicted molar refractivity (Wildman–Crippen MR) is 64.3 cm³/mol.